The fraction of sp³-hybridized carbons (Fsp3) is 0.0417. The van der Waals surface area contributed by atoms with Crippen LogP contribution in [-0.4, -0.2) is 11.1 Å². The molecule has 0 aliphatic heterocycles. The zero-order valence-electron chi connectivity index (χ0n) is 15.0. The monoisotopic (exact) mass is 386 g/mol. The van der Waals surface area contributed by atoms with Crippen LogP contribution in [0, 0.1) is 0 Å². The molecule has 0 aliphatic rings. The van der Waals surface area contributed by atoms with Crippen LogP contribution in [0.4, 0.5) is 0 Å². The van der Waals surface area contributed by atoms with Crippen LogP contribution in [0.15, 0.2) is 90.3 Å². The Morgan fingerprint density at radius 1 is 0.821 bits per heavy atom. The van der Waals surface area contributed by atoms with Crippen LogP contribution >= 0.6 is 11.3 Å². The molecule has 1 N–H and O–H groups in total. The summed E-state index contributed by atoms with van der Waals surface area (Å²) in [5.74, 6) is -0.0919. The largest absolute Gasteiger partial charge is 0.488 e. The average molecular weight is 386 g/mol. The third kappa shape index (κ3) is 3.82. The molecule has 4 aromatic rings. The minimum absolute atomic E-state index is 0.286. The highest BCUT2D eigenvalue weighted by molar-refractivity contribution is 7.14. The van der Waals surface area contributed by atoms with Gasteiger partial charge in [-0.2, -0.15) is 0 Å². The van der Waals surface area contributed by atoms with E-state index < -0.39 is 5.97 Å². The van der Waals surface area contributed by atoms with Crippen LogP contribution in [-0.2, 0) is 6.61 Å². The second kappa shape index (κ2) is 8.11. The number of carbonyl (C=O) groups is 1. The number of aromatic carboxylic acids is 1. The Hall–Kier alpha value is -3.37. The van der Waals surface area contributed by atoms with Gasteiger partial charge in [0.15, 0.2) is 0 Å². The molecule has 0 spiro atoms. The number of hydrogen-bond acceptors (Lipinski definition) is 3. The number of thiophene rings is 1. The van der Waals surface area contributed by atoms with Gasteiger partial charge in [-0.15, -0.1) is 11.3 Å². The summed E-state index contributed by atoms with van der Waals surface area (Å²) in [5, 5.41) is 11.2. The first-order chi connectivity index (χ1) is 13.7. The van der Waals surface area contributed by atoms with Crippen molar-refractivity contribution in [3.63, 3.8) is 0 Å². The van der Waals surface area contributed by atoms with Crippen LogP contribution < -0.4 is 4.74 Å². The van der Waals surface area contributed by atoms with Crippen LogP contribution in [0.3, 0.4) is 0 Å². The SMILES string of the molecule is O=C(O)c1ccc(-c2sccc2-c2ccccc2OCc2ccccc2)cc1. The predicted octanol–water partition coefficient (Wildman–Crippen LogP) is 6.36. The Labute approximate surface area is 167 Å². The molecule has 0 atom stereocenters. The Kier molecular flexibility index (Phi) is 5.22. The lowest BCUT2D eigenvalue weighted by Crippen LogP contribution is -1.97. The second-order valence-corrected chi connectivity index (χ2v) is 7.23. The third-order valence-corrected chi connectivity index (χ3v) is 5.44. The van der Waals surface area contributed by atoms with Crippen molar-refractivity contribution in [3.8, 4) is 27.3 Å². The number of benzene rings is 3. The number of carboxylic acids is 1. The van der Waals surface area contributed by atoms with Crippen LogP contribution in [0.1, 0.15) is 15.9 Å². The van der Waals surface area contributed by atoms with Gasteiger partial charge in [-0.3, -0.25) is 0 Å². The van der Waals surface area contributed by atoms with E-state index in [1.54, 1.807) is 23.5 Å². The third-order valence-electron chi connectivity index (χ3n) is 4.47. The Morgan fingerprint density at radius 2 is 1.54 bits per heavy atom. The van der Waals surface area contributed by atoms with Gasteiger partial charge in [0.2, 0.25) is 0 Å². The molecule has 3 nitrogen and oxygen atoms in total. The van der Waals surface area contributed by atoms with E-state index in [0.717, 1.165) is 32.9 Å². The number of carboxylic acid groups (broad SMARTS) is 1. The minimum atomic E-state index is -0.919. The van der Waals surface area contributed by atoms with Crippen molar-refractivity contribution in [2.45, 2.75) is 6.61 Å². The number of hydrogen-bond donors (Lipinski definition) is 1. The van der Waals surface area contributed by atoms with Gasteiger partial charge < -0.3 is 9.84 Å². The molecule has 0 bridgehead atoms. The molecular weight excluding hydrogens is 368 g/mol. The molecule has 138 valence electrons. The van der Waals surface area contributed by atoms with Gasteiger partial charge in [0.05, 0.1) is 5.56 Å². The summed E-state index contributed by atoms with van der Waals surface area (Å²) in [6, 6.07) is 27.1. The first kappa shape index (κ1) is 18.0. The Morgan fingerprint density at radius 3 is 2.29 bits per heavy atom. The van der Waals surface area contributed by atoms with E-state index in [1.165, 1.54) is 0 Å². The lowest BCUT2D eigenvalue weighted by molar-refractivity contribution is 0.0697. The summed E-state index contributed by atoms with van der Waals surface area (Å²) in [6.07, 6.45) is 0. The fourth-order valence-corrected chi connectivity index (χ4v) is 3.98. The van der Waals surface area contributed by atoms with Crippen LogP contribution in [0.5, 0.6) is 5.75 Å². The zero-order chi connectivity index (χ0) is 19.3. The molecule has 4 heteroatoms. The Balaban J connectivity index is 1.65. The van der Waals surface area contributed by atoms with Crippen molar-refractivity contribution in [1.29, 1.82) is 0 Å². The van der Waals surface area contributed by atoms with E-state index in [0.29, 0.717) is 6.61 Å². The van der Waals surface area contributed by atoms with Crippen molar-refractivity contribution in [2.75, 3.05) is 0 Å². The summed E-state index contributed by atoms with van der Waals surface area (Å²) in [7, 11) is 0. The van der Waals surface area contributed by atoms with Gasteiger partial charge in [-0.05, 0) is 40.8 Å². The quantitative estimate of drug-likeness (QED) is 0.419. The molecule has 1 aromatic heterocycles. The number of para-hydroxylation sites is 1. The van der Waals surface area contributed by atoms with Gasteiger partial charge in [0, 0.05) is 16.0 Å². The Bertz CT molecular complexity index is 1080. The normalized spacial score (nSPS) is 10.6. The highest BCUT2D eigenvalue weighted by Gasteiger charge is 2.14. The van der Waals surface area contributed by atoms with Gasteiger partial charge in [-0.25, -0.2) is 4.79 Å². The maximum Gasteiger partial charge on any atom is 0.335 e. The molecule has 1 heterocycles. The first-order valence-corrected chi connectivity index (χ1v) is 9.77. The molecule has 0 saturated carbocycles. The topological polar surface area (TPSA) is 46.5 Å². The van der Waals surface area contributed by atoms with Crippen molar-refractivity contribution in [2.24, 2.45) is 0 Å². The standard InChI is InChI=1S/C24H18O3S/c25-24(26)19-12-10-18(11-13-19)23-21(14-15-28-23)20-8-4-5-9-22(20)27-16-17-6-2-1-3-7-17/h1-15H,16H2,(H,25,26). The molecule has 3 aromatic carbocycles. The van der Waals surface area contributed by atoms with Gasteiger partial charge in [-0.1, -0.05) is 60.7 Å². The van der Waals surface area contributed by atoms with E-state index >= 15 is 0 Å². The lowest BCUT2D eigenvalue weighted by Gasteiger charge is -2.12. The maximum atomic E-state index is 11.1. The van der Waals surface area contributed by atoms with Gasteiger partial charge in [0.25, 0.3) is 0 Å². The molecule has 28 heavy (non-hydrogen) atoms. The van der Waals surface area contributed by atoms with E-state index in [1.807, 2.05) is 66.0 Å². The summed E-state index contributed by atoms with van der Waals surface area (Å²) in [4.78, 5) is 12.2. The first-order valence-electron chi connectivity index (χ1n) is 8.90. The van der Waals surface area contributed by atoms with Crippen molar-refractivity contribution in [1.82, 2.24) is 0 Å². The van der Waals surface area contributed by atoms with E-state index in [-0.39, 0.29) is 5.56 Å². The average Bonchev–Trinajstić information content (AvgIpc) is 3.23. The molecule has 0 amide bonds. The molecule has 0 aliphatic carbocycles. The summed E-state index contributed by atoms with van der Waals surface area (Å²) in [6.45, 7) is 0.505. The summed E-state index contributed by atoms with van der Waals surface area (Å²) < 4.78 is 6.12. The molecule has 0 unspecified atom stereocenters. The molecular formula is C24H18O3S. The zero-order valence-corrected chi connectivity index (χ0v) is 15.9. The second-order valence-electron chi connectivity index (χ2n) is 6.32. The lowest BCUT2D eigenvalue weighted by atomic mass is 10.0. The number of ether oxygens (including phenoxy) is 1. The smallest absolute Gasteiger partial charge is 0.335 e. The highest BCUT2D eigenvalue weighted by atomic mass is 32.1. The van der Waals surface area contributed by atoms with Gasteiger partial charge in [0.1, 0.15) is 12.4 Å². The highest BCUT2D eigenvalue weighted by Crippen LogP contribution is 2.40. The summed E-state index contributed by atoms with van der Waals surface area (Å²) in [5.41, 5.74) is 4.50. The number of rotatable bonds is 6. The summed E-state index contributed by atoms with van der Waals surface area (Å²) >= 11 is 1.63. The van der Waals surface area contributed by atoms with Crippen molar-refractivity contribution in [3.05, 3.63) is 101 Å². The predicted molar refractivity (Wildman–Crippen MR) is 113 cm³/mol. The van der Waals surface area contributed by atoms with E-state index in [9.17, 15) is 4.79 Å². The molecule has 0 saturated heterocycles. The molecule has 4 rings (SSSR count). The van der Waals surface area contributed by atoms with E-state index in [2.05, 4.69) is 12.1 Å². The van der Waals surface area contributed by atoms with E-state index in [4.69, 9.17) is 9.84 Å². The minimum Gasteiger partial charge on any atom is -0.488 e. The maximum absolute atomic E-state index is 11.1. The molecule has 0 fully saturated rings. The van der Waals surface area contributed by atoms with Crippen LogP contribution in [0.25, 0.3) is 21.6 Å². The van der Waals surface area contributed by atoms with Gasteiger partial charge >= 0.3 is 5.97 Å². The molecule has 0 radical (unpaired) electrons. The van der Waals surface area contributed by atoms with Crippen LogP contribution in [0.2, 0.25) is 0 Å². The fourth-order valence-electron chi connectivity index (χ4n) is 3.06. The van der Waals surface area contributed by atoms with Crippen molar-refractivity contribution < 1.29 is 14.6 Å². The van der Waals surface area contributed by atoms with Crippen molar-refractivity contribution >= 4 is 17.3 Å².